The van der Waals surface area contributed by atoms with E-state index in [2.05, 4.69) is 0 Å². The monoisotopic (exact) mass is 250 g/mol. The minimum Gasteiger partial charge on any atom is -0.394 e. The summed E-state index contributed by atoms with van der Waals surface area (Å²) in [5, 5.41) is 20.6. The second kappa shape index (κ2) is 5.35. The van der Waals surface area contributed by atoms with Gasteiger partial charge in [0, 0.05) is 12.1 Å². The molecule has 0 spiro atoms. The lowest BCUT2D eigenvalue weighted by molar-refractivity contribution is -0.384. The molecule has 1 unspecified atom stereocenters. The number of para-hydroxylation sites is 1. The van der Waals surface area contributed by atoms with Gasteiger partial charge in [-0.15, -0.1) is 0 Å². The van der Waals surface area contributed by atoms with E-state index in [1.54, 1.807) is 19.1 Å². The van der Waals surface area contributed by atoms with Crippen LogP contribution in [-0.4, -0.2) is 29.2 Å². The van der Waals surface area contributed by atoms with Gasteiger partial charge in [-0.25, -0.2) is 0 Å². The molecule has 0 radical (unpaired) electrons. The van der Waals surface area contributed by atoms with E-state index in [0.29, 0.717) is 11.3 Å². The fourth-order valence-electron chi connectivity index (χ4n) is 2.62. The van der Waals surface area contributed by atoms with Crippen molar-refractivity contribution >= 4 is 11.4 Å². The van der Waals surface area contributed by atoms with Crippen LogP contribution >= 0.6 is 0 Å². The largest absolute Gasteiger partial charge is 0.394 e. The molecule has 0 aromatic heterocycles. The van der Waals surface area contributed by atoms with E-state index in [4.69, 9.17) is 0 Å². The van der Waals surface area contributed by atoms with Crippen molar-refractivity contribution in [2.75, 3.05) is 18.1 Å². The lowest BCUT2D eigenvalue weighted by atomic mass is 10.0. The second-order valence-corrected chi connectivity index (χ2v) is 4.73. The van der Waals surface area contributed by atoms with Crippen LogP contribution in [0.1, 0.15) is 24.8 Å². The van der Waals surface area contributed by atoms with E-state index in [-0.39, 0.29) is 23.3 Å². The molecule has 1 aromatic carbocycles. The predicted octanol–water partition coefficient (Wildman–Crippen LogP) is 2.25. The van der Waals surface area contributed by atoms with Crippen molar-refractivity contribution in [3.8, 4) is 0 Å². The predicted molar refractivity (Wildman–Crippen MR) is 69.9 cm³/mol. The van der Waals surface area contributed by atoms with Crippen LogP contribution in [-0.2, 0) is 0 Å². The Bertz CT molecular complexity index is 448. The lowest BCUT2D eigenvalue weighted by Gasteiger charge is -2.36. The Morgan fingerprint density at radius 2 is 2.28 bits per heavy atom. The molecule has 2 rings (SSSR count). The van der Waals surface area contributed by atoms with Crippen molar-refractivity contribution in [2.45, 2.75) is 32.2 Å². The van der Waals surface area contributed by atoms with Crippen molar-refractivity contribution in [1.29, 1.82) is 0 Å². The van der Waals surface area contributed by atoms with E-state index >= 15 is 0 Å². The normalized spacial score (nSPS) is 19.9. The summed E-state index contributed by atoms with van der Waals surface area (Å²) in [6.07, 6.45) is 2.98. The average Bonchev–Trinajstić information content (AvgIpc) is 2.38. The number of benzene rings is 1. The first-order valence-corrected chi connectivity index (χ1v) is 6.26. The zero-order valence-electron chi connectivity index (χ0n) is 10.5. The van der Waals surface area contributed by atoms with Crippen LogP contribution in [0, 0.1) is 17.0 Å². The summed E-state index contributed by atoms with van der Waals surface area (Å²) in [7, 11) is 0. The van der Waals surface area contributed by atoms with Crippen molar-refractivity contribution < 1.29 is 10.0 Å². The molecule has 1 heterocycles. The molecule has 1 aromatic rings. The van der Waals surface area contributed by atoms with Gasteiger partial charge in [0.2, 0.25) is 0 Å². The Hall–Kier alpha value is -1.62. The van der Waals surface area contributed by atoms with E-state index in [0.717, 1.165) is 25.8 Å². The van der Waals surface area contributed by atoms with Crippen LogP contribution < -0.4 is 4.90 Å². The molecule has 5 heteroatoms. The molecule has 0 bridgehead atoms. The Kier molecular flexibility index (Phi) is 3.81. The van der Waals surface area contributed by atoms with Crippen LogP contribution in [0.4, 0.5) is 11.4 Å². The van der Waals surface area contributed by atoms with Gasteiger partial charge in [0.1, 0.15) is 5.69 Å². The molecule has 1 atom stereocenters. The maximum Gasteiger partial charge on any atom is 0.295 e. The molecule has 98 valence electrons. The van der Waals surface area contributed by atoms with Gasteiger partial charge in [0.05, 0.1) is 17.6 Å². The van der Waals surface area contributed by atoms with Crippen LogP contribution in [0.15, 0.2) is 18.2 Å². The van der Waals surface area contributed by atoms with Crippen molar-refractivity contribution in [3.05, 3.63) is 33.9 Å². The van der Waals surface area contributed by atoms with Gasteiger partial charge in [-0.3, -0.25) is 10.1 Å². The number of hydrogen-bond acceptors (Lipinski definition) is 4. The third-order valence-electron chi connectivity index (χ3n) is 3.55. The molecular weight excluding hydrogens is 232 g/mol. The van der Waals surface area contributed by atoms with Crippen LogP contribution in [0.5, 0.6) is 0 Å². The number of nitrogens with zero attached hydrogens (tertiary/aromatic N) is 2. The first-order chi connectivity index (χ1) is 8.65. The fraction of sp³-hybridized carbons (Fsp3) is 0.538. The van der Waals surface area contributed by atoms with Gasteiger partial charge < -0.3 is 10.0 Å². The molecular formula is C13H18N2O3. The maximum absolute atomic E-state index is 11.2. The van der Waals surface area contributed by atoms with Crippen LogP contribution in [0.25, 0.3) is 0 Å². The highest BCUT2D eigenvalue weighted by Crippen LogP contribution is 2.34. The number of rotatable bonds is 3. The van der Waals surface area contributed by atoms with Gasteiger partial charge in [-0.2, -0.15) is 0 Å². The van der Waals surface area contributed by atoms with Crippen LogP contribution in [0.3, 0.4) is 0 Å². The molecule has 1 fully saturated rings. The van der Waals surface area contributed by atoms with Gasteiger partial charge in [0.25, 0.3) is 5.69 Å². The van der Waals surface area contributed by atoms with E-state index < -0.39 is 0 Å². The Morgan fingerprint density at radius 3 is 2.94 bits per heavy atom. The van der Waals surface area contributed by atoms with Gasteiger partial charge >= 0.3 is 0 Å². The summed E-state index contributed by atoms with van der Waals surface area (Å²) in [6.45, 7) is 2.57. The van der Waals surface area contributed by atoms with Crippen molar-refractivity contribution in [3.63, 3.8) is 0 Å². The van der Waals surface area contributed by atoms with E-state index in [1.807, 2.05) is 11.0 Å². The molecule has 0 saturated carbocycles. The molecule has 1 N–H and O–H groups in total. The molecule has 1 aliphatic rings. The smallest absolute Gasteiger partial charge is 0.295 e. The zero-order valence-corrected chi connectivity index (χ0v) is 10.5. The highest BCUT2D eigenvalue weighted by atomic mass is 16.6. The number of anilines is 1. The third kappa shape index (κ3) is 2.31. The number of nitro benzene ring substituents is 1. The number of nitro groups is 1. The standard InChI is InChI=1S/C13H18N2O3/c1-10-5-4-7-12(13(10)15(17)18)14-8-3-2-6-11(14)9-16/h4-5,7,11,16H,2-3,6,8-9H2,1H3. The van der Waals surface area contributed by atoms with Crippen LogP contribution in [0.2, 0.25) is 0 Å². The van der Waals surface area contributed by atoms with E-state index in [1.165, 1.54) is 0 Å². The van der Waals surface area contributed by atoms with Gasteiger partial charge in [-0.05, 0) is 32.3 Å². The number of aliphatic hydroxyl groups excluding tert-OH is 1. The third-order valence-corrected chi connectivity index (χ3v) is 3.55. The van der Waals surface area contributed by atoms with Crippen molar-refractivity contribution in [1.82, 2.24) is 0 Å². The van der Waals surface area contributed by atoms with Gasteiger partial charge in [-0.1, -0.05) is 12.1 Å². The SMILES string of the molecule is Cc1cccc(N2CCCCC2CO)c1[N+](=O)[O-]. The Morgan fingerprint density at radius 1 is 1.50 bits per heavy atom. The molecule has 1 saturated heterocycles. The maximum atomic E-state index is 11.2. The number of aliphatic hydroxyl groups is 1. The minimum atomic E-state index is -0.326. The summed E-state index contributed by atoms with van der Waals surface area (Å²) in [6, 6.07) is 5.36. The fourth-order valence-corrected chi connectivity index (χ4v) is 2.62. The molecule has 0 amide bonds. The summed E-state index contributed by atoms with van der Waals surface area (Å²) < 4.78 is 0. The molecule has 0 aliphatic carbocycles. The number of piperidine rings is 1. The summed E-state index contributed by atoms with van der Waals surface area (Å²) in [5.41, 5.74) is 1.47. The second-order valence-electron chi connectivity index (χ2n) is 4.73. The number of hydrogen-bond donors (Lipinski definition) is 1. The Balaban J connectivity index is 2.42. The first-order valence-electron chi connectivity index (χ1n) is 6.26. The molecule has 18 heavy (non-hydrogen) atoms. The van der Waals surface area contributed by atoms with Crippen molar-refractivity contribution in [2.24, 2.45) is 0 Å². The number of aryl methyl sites for hydroxylation is 1. The van der Waals surface area contributed by atoms with E-state index in [9.17, 15) is 15.2 Å². The average molecular weight is 250 g/mol. The minimum absolute atomic E-state index is 0.000694. The highest BCUT2D eigenvalue weighted by Gasteiger charge is 2.28. The van der Waals surface area contributed by atoms with Gasteiger partial charge in [0.15, 0.2) is 0 Å². The molecule has 5 nitrogen and oxygen atoms in total. The lowest BCUT2D eigenvalue weighted by Crippen LogP contribution is -2.42. The topological polar surface area (TPSA) is 66.6 Å². The zero-order chi connectivity index (χ0) is 13.1. The summed E-state index contributed by atoms with van der Waals surface area (Å²) in [4.78, 5) is 12.9. The first kappa shape index (κ1) is 12.8. The Labute approximate surface area is 106 Å². The summed E-state index contributed by atoms with van der Waals surface area (Å²) >= 11 is 0. The summed E-state index contributed by atoms with van der Waals surface area (Å²) in [5.74, 6) is 0. The quantitative estimate of drug-likeness (QED) is 0.660. The molecule has 1 aliphatic heterocycles. The highest BCUT2D eigenvalue weighted by molar-refractivity contribution is 5.67.